The van der Waals surface area contributed by atoms with E-state index in [-0.39, 0.29) is 0 Å². The molecule has 0 unspecified atom stereocenters. The quantitative estimate of drug-likeness (QED) is 0.703. The Balaban J connectivity index is 2.20. The maximum atomic E-state index is 5.93. The van der Waals surface area contributed by atoms with Gasteiger partial charge in [-0.05, 0) is 36.4 Å². The lowest BCUT2D eigenvalue weighted by Gasteiger charge is -2.03. The Morgan fingerprint density at radius 1 is 1.12 bits per heavy atom. The molecule has 84 valence electrons. The van der Waals surface area contributed by atoms with Crippen LogP contribution in [0.4, 0.5) is 0 Å². The van der Waals surface area contributed by atoms with E-state index in [1.807, 2.05) is 18.3 Å². The number of hydrogen-bond donors (Lipinski definition) is 0. The Bertz CT molecular complexity index is 479. The van der Waals surface area contributed by atoms with E-state index in [1.54, 1.807) is 0 Å². The maximum Gasteiger partial charge on any atom is 0.0412 e. The highest BCUT2D eigenvalue weighted by Gasteiger charge is 1.99. The molecule has 0 bridgehead atoms. The fourth-order valence-electron chi connectivity index (χ4n) is 1.85. The highest BCUT2D eigenvalue weighted by atomic mass is 35.5. The van der Waals surface area contributed by atoms with Gasteiger partial charge in [0.2, 0.25) is 0 Å². The maximum absolute atomic E-state index is 5.93. The summed E-state index contributed by atoms with van der Waals surface area (Å²) in [5.74, 6) is 0. The number of aromatic nitrogens is 1. The standard InChI is InChI=1S/C14H16ClN/c1-2-3-4-5-14-9-11-6-7-13(15)8-12(11)10-16-14/h6-10H,2-5H2,1H3. The first-order chi connectivity index (χ1) is 7.79. The van der Waals surface area contributed by atoms with Gasteiger partial charge in [-0.3, -0.25) is 4.98 Å². The van der Waals surface area contributed by atoms with Crippen molar-refractivity contribution in [1.29, 1.82) is 0 Å². The van der Waals surface area contributed by atoms with Crippen LogP contribution in [0, 0.1) is 0 Å². The van der Waals surface area contributed by atoms with Gasteiger partial charge in [0.25, 0.3) is 0 Å². The summed E-state index contributed by atoms with van der Waals surface area (Å²) in [6.45, 7) is 2.22. The Morgan fingerprint density at radius 3 is 2.81 bits per heavy atom. The molecule has 0 spiro atoms. The third-order valence-electron chi connectivity index (χ3n) is 2.78. The molecule has 0 aliphatic heterocycles. The Hall–Kier alpha value is -1.08. The van der Waals surface area contributed by atoms with Crippen molar-refractivity contribution in [2.75, 3.05) is 0 Å². The highest BCUT2D eigenvalue weighted by Crippen LogP contribution is 2.19. The molecule has 2 rings (SSSR count). The first-order valence-electron chi connectivity index (χ1n) is 5.84. The molecule has 2 aromatic rings. The van der Waals surface area contributed by atoms with E-state index < -0.39 is 0 Å². The fraction of sp³-hybridized carbons (Fsp3) is 0.357. The lowest BCUT2D eigenvalue weighted by atomic mass is 10.1. The number of benzene rings is 1. The van der Waals surface area contributed by atoms with Gasteiger partial charge < -0.3 is 0 Å². The molecule has 1 heterocycles. The molecule has 0 saturated carbocycles. The van der Waals surface area contributed by atoms with Gasteiger partial charge >= 0.3 is 0 Å². The first kappa shape index (κ1) is 11.4. The third-order valence-corrected chi connectivity index (χ3v) is 3.01. The van der Waals surface area contributed by atoms with Gasteiger partial charge in [-0.15, -0.1) is 0 Å². The van der Waals surface area contributed by atoms with Crippen molar-refractivity contribution < 1.29 is 0 Å². The predicted octanol–water partition coefficient (Wildman–Crippen LogP) is 4.62. The topological polar surface area (TPSA) is 12.9 Å². The Labute approximate surface area is 101 Å². The molecule has 0 fully saturated rings. The average Bonchev–Trinajstić information content (AvgIpc) is 2.29. The monoisotopic (exact) mass is 233 g/mol. The molecule has 1 nitrogen and oxygen atoms in total. The molecule has 16 heavy (non-hydrogen) atoms. The van der Waals surface area contributed by atoms with Gasteiger partial charge in [0.1, 0.15) is 0 Å². The second kappa shape index (κ2) is 5.31. The number of aryl methyl sites for hydroxylation is 1. The zero-order valence-electron chi connectivity index (χ0n) is 9.54. The van der Waals surface area contributed by atoms with Crippen molar-refractivity contribution in [1.82, 2.24) is 4.98 Å². The minimum atomic E-state index is 0.771. The summed E-state index contributed by atoms with van der Waals surface area (Å²) >= 11 is 5.93. The molecular formula is C14H16ClN. The van der Waals surface area contributed by atoms with E-state index in [1.165, 1.54) is 30.3 Å². The van der Waals surface area contributed by atoms with Crippen molar-refractivity contribution in [3.05, 3.63) is 41.2 Å². The fourth-order valence-corrected chi connectivity index (χ4v) is 2.03. The summed E-state index contributed by atoms with van der Waals surface area (Å²) in [5.41, 5.74) is 1.18. The molecule has 0 aliphatic rings. The SMILES string of the molecule is CCCCCc1cc2ccc(Cl)cc2cn1. The van der Waals surface area contributed by atoms with Crippen molar-refractivity contribution >= 4 is 22.4 Å². The minimum Gasteiger partial charge on any atom is -0.261 e. The molecule has 0 N–H and O–H groups in total. The van der Waals surface area contributed by atoms with Crippen molar-refractivity contribution in [2.45, 2.75) is 32.6 Å². The molecule has 1 aromatic heterocycles. The van der Waals surface area contributed by atoms with Gasteiger partial charge in [0, 0.05) is 22.3 Å². The molecule has 0 radical (unpaired) electrons. The van der Waals surface area contributed by atoms with E-state index in [2.05, 4.69) is 24.0 Å². The summed E-state index contributed by atoms with van der Waals surface area (Å²) in [6, 6.07) is 8.11. The van der Waals surface area contributed by atoms with Crippen LogP contribution in [0.25, 0.3) is 10.8 Å². The third kappa shape index (κ3) is 2.73. The van der Waals surface area contributed by atoms with Gasteiger partial charge in [0.15, 0.2) is 0 Å². The number of pyridine rings is 1. The summed E-state index contributed by atoms with van der Waals surface area (Å²) in [6.07, 6.45) is 6.75. The van der Waals surface area contributed by atoms with Gasteiger partial charge in [-0.25, -0.2) is 0 Å². The molecule has 2 heteroatoms. The number of rotatable bonds is 4. The number of fused-ring (bicyclic) bond motifs is 1. The number of halogens is 1. The summed E-state index contributed by atoms with van der Waals surface area (Å²) < 4.78 is 0. The van der Waals surface area contributed by atoms with Crippen LogP contribution in [0.15, 0.2) is 30.5 Å². The van der Waals surface area contributed by atoms with Crippen LogP contribution in [-0.2, 0) is 6.42 Å². The van der Waals surface area contributed by atoms with Gasteiger partial charge in [-0.2, -0.15) is 0 Å². The molecule has 0 aliphatic carbocycles. The van der Waals surface area contributed by atoms with Crippen molar-refractivity contribution in [3.63, 3.8) is 0 Å². The van der Waals surface area contributed by atoms with Gasteiger partial charge in [0.05, 0.1) is 0 Å². The van der Waals surface area contributed by atoms with Crippen LogP contribution >= 0.6 is 11.6 Å². The second-order valence-electron chi connectivity index (χ2n) is 4.12. The van der Waals surface area contributed by atoms with E-state index in [4.69, 9.17) is 11.6 Å². The van der Waals surface area contributed by atoms with Gasteiger partial charge in [-0.1, -0.05) is 37.4 Å². The minimum absolute atomic E-state index is 0.771. The summed E-state index contributed by atoms with van der Waals surface area (Å²) in [5, 5.41) is 3.12. The Kier molecular flexibility index (Phi) is 3.79. The highest BCUT2D eigenvalue weighted by molar-refractivity contribution is 6.31. The van der Waals surface area contributed by atoms with Crippen molar-refractivity contribution in [3.8, 4) is 0 Å². The van der Waals surface area contributed by atoms with E-state index in [0.717, 1.165) is 16.8 Å². The summed E-state index contributed by atoms with van der Waals surface area (Å²) in [4.78, 5) is 4.46. The molecule has 0 amide bonds. The predicted molar refractivity (Wildman–Crippen MR) is 70.0 cm³/mol. The van der Waals surface area contributed by atoms with Crippen LogP contribution in [-0.4, -0.2) is 4.98 Å². The van der Waals surface area contributed by atoms with Crippen LogP contribution in [0.2, 0.25) is 5.02 Å². The first-order valence-corrected chi connectivity index (χ1v) is 6.21. The number of nitrogens with zero attached hydrogens (tertiary/aromatic N) is 1. The number of hydrogen-bond acceptors (Lipinski definition) is 1. The molecule has 1 aromatic carbocycles. The summed E-state index contributed by atoms with van der Waals surface area (Å²) in [7, 11) is 0. The largest absolute Gasteiger partial charge is 0.261 e. The Morgan fingerprint density at radius 2 is 2.00 bits per heavy atom. The average molecular weight is 234 g/mol. The van der Waals surface area contributed by atoms with E-state index in [0.29, 0.717) is 0 Å². The van der Waals surface area contributed by atoms with Crippen LogP contribution in [0.3, 0.4) is 0 Å². The molecule has 0 saturated heterocycles. The van der Waals surface area contributed by atoms with Crippen molar-refractivity contribution in [2.24, 2.45) is 0 Å². The van der Waals surface area contributed by atoms with E-state index >= 15 is 0 Å². The number of unbranched alkanes of at least 4 members (excludes halogenated alkanes) is 2. The lowest BCUT2D eigenvalue weighted by molar-refractivity contribution is 0.708. The zero-order chi connectivity index (χ0) is 11.4. The van der Waals surface area contributed by atoms with Crippen LogP contribution < -0.4 is 0 Å². The normalized spacial score (nSPS) is 10.9. The molecular weight excluding hydrogens is 218 g/mol. The smallest absolute Gasteiger partial charge is 0.0412 e. The zero-order valence-corrected chi connectivity index (χ0v) is 10.3. The van der Waals surface area contributed by atoms with Crippen LogP contribution in [0.1, 0.15) is 31.9 Å². The van der Waals surface area contributed by atoms with Crippen LogP contribution in [0.5, 0.6) is 0 Å². The molecule has 0 atom stereocenters. The second-order valence-corrected chi connectivity index (χ2v) is 4.56. The van der Waals surface area contributed by atoms with E-state index in [9.17, 15) is 0 Å². The lowest BCUT2D eigenvalue weighted by Crippen LogP contribution is -1.90.